The van der Waals surface area contributed by atoms with E-state index in [1.165, 1.54) is 54.7 Å². The molecule has 19 heavy (non-hydrogen) atoms. The highest BCUT2D eigenvalue weighted by Crippen LogP contribution is 2.41. The summed E-state index contributed by atoms with van der Waals surface area (Å²) in [5.74, 6) is 0.877. The number of rotatable bonds is 6. The van der Waals surface area contributed by atoms with Crippen LogP contribution in [0, 0.1) is 5.92 Å². The Balaban J connectivity index is 1.85. The minimum absolute atomic E-state index is 0.877. The Kier molecular flexibility index (Phi) is 3.65. The lowest BCUT2D eigenvalue weighted by Crippen LogP contribution is -2.16. The summed E-state index contributed by atoms with van der Waals surface area (Å²) in [5, 5.41) is 8.05. The normalized spacial score (nSPS) is 17.7. The molecule has 1 saturated carbocycles. The highest BCUT2D eigenvalue weighted by atomic mass is 32.1. The molecule has 0 radical (unpaired) electrons. The fraction of sp³-hybridized carbons (Fsp3) is 0.500. The standard InChI is InChI=1S/C16H22N2S/c1-3-17-16-15(11(2)18-10-12-8-9-12)13-6-4-5-7-14(13)19-16/h3,12,17-18H,1-2,4-10H2. The minimum atomic E-state index is 0.877. The molecule has 1 heterocycles. The van der Waals surface area contributed by atoms with Gasteiger partial charge in [0.15, 0.2) is 0 Å². The average molecular weight is 274 g/mol. The molecule has 0 aromatic carbocycles. The van der Waals surface area contributed by atoms with Crippen LogP contribution in [0.5, 0.6) is 0 Å². The Hall–Kier alpha value is -1.22. The van der Waals surface area contributed by atoms with Gasteiger partial charge in [-0.15, -0.1) is 11.3 Å². The molecule has 1 fully saturated rings. The van der Waals surface area contributed by atoms with Crippen LogP contribution in [0.1, 0.15) is 41.7 Å². The van der Waals surface area contributed by atoms with E-state index in [0.717, 1.165) is 18.2 Å². The zero-order valence-electron chi connectivity index (χ0n) is 11.4. The van der Waals surface area contributed by atoms with Gasteiger partial charge in [0.2, 0.25) is 0 Å². The Morgan fingerprint density at radius 3 is 2.84 bits per heavy atom. The number of aryl methyl sites for hydroxylation is 1. The Morgan fingerprint density at radius 1 is 1.32 bits per heavy atom. The van der Waals surface area contributed by atoms with Crippen LogP contribution in [-0.4, -0.2) is 6.54 Å². The van der Waals surface area contributed by atoms with Gasteiger partial charge in [-0.05, 0) is 56.2 Å². The van der Waals surface area contributed by atoms with Gasteiger partial charge < -0.3 is 10.6 Å². The van der Waals surface area contributed by atoms with Gasteiger partial charge in [-0.1, -0.05) is 13.2 Å². The summed E-state index contributed by atoms with van der Waals surface area (Å²) in [7, 11) is 0. The van der Waals surface area contributed by atoms with Crippen molar-refractivity contribution < 1.29 is 0 Å². The van der Waals surface area contributed by atoms with E-state index in [9.17, 15) is 0 Å². The third-order valence-corrected chi connectivity index (χ3v) is 5.23. The monoisotopic (exact) mass is 274 g/mol. The summed E-state index contributed by atoms with van der Waals surface area (Å²) in [6.45, 7) is 9.14. The van der Waals surface area contributed by atoms with E-state index in [4.69, 9.17) is 0 Å². The van der Waals surface area contributed by atoms with E-state index < -0.39 is 0 Å². The van der Waals surface area contributed by atoms with Crippen molar-refractivity contribution in [2.75, 3.05) is 11.9 Å². The maximum atomic E-state index is 4.27. The topological polar surface area (TPSA) is 24.1 Å². The number of hydrogen-bond donors (Lipinski definition) is 2. The van der Waals surface area contributed by atoms with Crippen LogP contribution in [0.4, 0.5) is 5.00 Å². The second-order valence-electron chi connectivity index (χ2n) is 5.57. The quantitative estimate of drug-likeness (QED) is 0.814. The first-order valence-corrected chi connectivity index (χ1v) is 8.06. The van der Waals surface area contributed by atoms with E-state index in [0.29, 0.717) is 0 Å². The van der Waals surface area contributed by atoms with Crippen LogP contribution in [0.25, 0.3) is 5.70 Å². The number of anilines is 1. The van der Waals surface area contributed by atoms with Crippen molar-refractivity contribution >= 4 is 22.0 Å². The van der Waals surface area contributed by atoms with E-state index >= 15 is 0 Å². The SMILES string of the molecule is C=CNc1sc2c(c1C(=C)NCC1CC1)CCCC2. The van der Waals surface area contributed by atoms with Gasteiger partial charge in [0.05, 0.1) is 0 Å². The molecule has 2 aliphatic rings. The predicted molar refractivity (Wildman–Crippen MR) is 84.5 cm³/mol. The van der Waals surface area contributed by atoms with Gasteiger partial charge in [-0.25, -0.2) is 0 Å². The van der Waals surface area contributed by atoms with Crippen LogP contribution in [0.15, 0.2) is 19.4 Å². The fourth-order valence-corrected chi connectivity index (χ4v) is 4.07. The van der Waals surface area contributed by atoms with Gasteiger partial charge >= 0.3 is 0 Å². The van der Waals surface area contributed by atoms with E-state index in [1.54, 1.807) is 11.1 Å². The molecule has 0 spiro atoms. The molecule has 1 aromatic heterocycles. The highest BCUT2D eigenvalue weighted by molar-refractivity contribution is 7.16. The van der Waals surface area contributed by atoms with Gasteiger partial charge in [-0.2, -0.15) is 0 Å². The third kappa shape index (κ3) is 2.71. The second kappa shape index (κ2) is 5.41. The lowest BCUT2D eigenvalue weighted by molar-refractivity contribution is 0.694. The van der Waals surface area contributed by atoms with Crippen molar-refractivity contribution in [1.82, 2.24) is 5.32 Å². The number of nitrogens with one attached hydrogen (secondary N) is 2. The third-order valence-electron chi connectivity index (χ3n) is 4.01. The van der Waals surface area contributed by atoms with Gasteiger partial charge in [0.25, 0.3) is 0 Å². The molecule has 0 bridgehead atoms. The zero-order chi connectivity index (χ0) is 13.2. The molecule has 3 rings (SSSR count). The van der Waals surface area contributed by atoms with Crippen LogP contribution >= 0.6 is 11.3 Å². The molecule has 0 amide bonds. The van der Waals surface area contributed by atoms with E-state index in [-0.39, 0.29) is 0 Å². The smallest absolute Gasteiger partial charge is 0.102 e. The van der Waals surface area contributed by atoms with Gasteiger partial charge in [0.1, 0.15) is 5.00 Å². The molecule has 3 heteroatoms. The molecular formula is C16H22N2S. The van der Waals surface area contributed by atoms with E-state index in [1.807, 2.05) is 11.3 Å². The first-order chi connectivity index (χ1) is 9.29. The number of fused-ring (bicyclic) bond motifs is 1. The lowest BCUT2D eigenvalue weighted by atomic mass is 9.94. The first kappa shape index (κ1) is 12.8. The molecule has 0 atom stereocenters. The summed E-state index contributed by atoms with van der Waals surface area (Å²) in [6, 6.07) is 0. The molecule has 2 nitrogen and oxygen atoms in total. The van der Waals surface area contributed by atoms with Crippen molar-refractivity contribution in [3.8, 4) is 0 Å². The molecular weight excluding hydrogens is 252 g/mol. The van der Waals surface area contributed by atoms with Crippen molar-refractivity contribution in [3.05, 3.63) is 35.4 Å². The Bertz CT molecular complexity index is 497. The van der Waals surface area contributed by atoms with Crippen molar-refractivity contribution in [1.29, 1.82) is 0 Å². The molecule has 2 N–H and O–H groups in total. The molecule has 0 saturated heterocycles. The van der Waals surface area contributed by atoms with Crippen LogP contribution in [0.2, 0.25) is 0 Å². The van der Waals surface area contributed by atoms with Crippen molar-refractivity contribution in [2.24, 2.45) is 5.92 Å². The number of hydrogen-bond acceptors (Lipinski definition) is 3. The summed E-state index contributed by atoms with van der Waals surface area (Å²) >= 11 is 1.88. The molecule has 0 unspecified atom stereocenters. The van der Waals surface area contributed by atoms with Crippen LogP contribution in [0.3, 0.4) is 0 Å². The van der Waals surface area contributed by atoms with Gasteiger partial charge in [-0.3, -0.25) is 0 Å². The summed E-state index contributed by atoms with van der Waals surface area (Å²) in [6.07, 6.45) is 9.57. The van der Waals surface area contributed by atoms with Crippen molar-refractivity contribution in [2.45, 2.75) is 38.5 Å². The molecule has 1 aromatic rings. The lowest BCUT2D eigenvalue weighted by Gasteiger charge is -2.16. The van der Waals surface area contributed by atoms with Crippen molar-refractivity contribution in [3.63, 3.8) is 0 Å². The highest BCUT2D eigenvalue weighted by Gasteiger charge is 2.24. The maximum absolute atomic E-state index is 4.27. The summed E-state index contributed by atoms with van der Waals surface area (Å²) in [4.78, 5) is 1.54. The van der Waals surface area contributed by atoms with Gasteiger partial charge in [0, 0.05) is 22.7 Å². The predicted octanol–water partition coefficient (Wildman–Crippen LogP) is 4.15. The maximum Gasteiger partial charge on any atom is 0.102 e. The number of thiophene rings is 1. The average Bonchev–Trinajstić information content (AvgIpc) is 3.17. The Morgan fingerprint density at radius 2 is 2.11 bits per heavy atom. The molecule has 2 aliphatic carbocycles. The minimum Gasteiger partial charge on any atom is -0.385 e. The Labute approximate surface area is 119 Å². The van der Waals surface area contributed by atoms with Crippen LogP contribution in [-0.2, 0) is 12.8 Å². The first-order valence-electron chi connectivity index (χ1n) is 7.24. The molecule has 0 aliphatic heterocycles. The summed E-state index contributed by atoms with van der Waals surface area (Å²) in [5.41, 5.74) is 3.93. The second-order valence-corrected chi connectivity index (χ2v) is 6.67. The zero-order valence-corrected chi connectivity index (χ0v) is 12.2. The fourth-order valence-electron chi connectivity index (χ4n) is 2.76. The molecule has 102 valence electrons. The largest absolute Gasteiger partial charge is 0.385 e. The summed E-state index contributed by atoms with van der Waals surface area (Å²) < 4.78 is 0. The van der Waals surface area contributed by atoms with Crippen LogP contribution < -0.4 is 10.6 Å². The van der Waals surface area contributed by atoms with E-state index in [2.05, 4.69) is 23.8 Å².